The summed E-state index contributed by atoms with van der Waals surface area (Å²) in [6.07, 6.45) is 1.75. The standard InChI is InChI=1S/C8H11N3O2/c1-3-4-9-8(12)5-7-10-6(2)13-11-7/h3H,1,4-5H2,2H3,(H,9,12). The Morgan fingerprint density at radius 1 is 1.77 bits per heavy atom. The van der Waals surface area contributed by atoms with Gasteiger partial charge in [-0.2, -0.15) is 4.98 Å². The quantitative estimate of drug-likeness (QED) is 0.675. The monoisotopic (exact) mass is 181 g/mol. The number of rotatable bonds is 4. The van der Waals surface area contributed by atoms with Crippen LogP contribution in [0.3, 0.4) is 0 Å². The van der Waals surface area contributed by atoms with Crippen molar-refractivity contribution in [2.24, 2.45) is 0 Å². The molecule has 0 spiro atoms. The zero-order valence-corrected chi connectivity index (χ0v) is 7.41. The normalized spacial score (nSPS) is 9.62. The van der Waals surface area contributed by atoms with Gasteiger partial charge in [0.05, 0.1) is 6.42 Å². The van der Waals surface area contributed by atoms with Crippen LogP contribution in [0.5, 0.6) is 0 Å². The Labute approximate surface area is 75.8 Å². The molecule has 1 N–H and O–H groups in total. The van der Waals surface area contributed by atoms with Crippen LogP contribution in [0.4, 0.5) is 0 Å². The molecule has 1 amide bonds. The maximum Gasteiger partial charge on any atom is 0.228 e. The minimum absolute atomic E-state index is 0.138. The molecule has 5 heteroatoms. The molecule has 0 bridgehead atoms. The van der Waals surface area contributed by atoms with Crippen LogP contribution < -0.4 is 5.32 Å². The van der Waals surface area contributed by atoms with Crippen LogP contribution >= 0.6 is 0 Å². The minimum Gasteiger partial charge on any atom is -0.352 e. The van der Waals surface area contributed by atoms with E-state index in [0.717, 1.165) is 0 Å². The summed E-state index contributed by atoms with van der Waals surface area (Å²) >= 11 is 0. The van der Waals surface area contributed by atoms with Crippen LogP contribution in [0, 0.1) is 6.92 Å². The van der Waals surface area contributed by atoms with E-state index in [-0.39, 0.29) is 12.3 Å². The van der Waals surface area contributed by atoms with Gasteiger partial charge in [0, 0.05) is 13.5 Å². The molecule has 1 aromatic heterocycles. The average molecular weight is 181 g/mol. The van der Waals surface area contributed by atoms with Crippen molar-refractivity contribution >= 4 is 5.91 Å². The molecule has 5 nitrogen and oxygen atoms in total. The van der Waals surface area contributed by atoms with Crippen molar-refractivity contribution in [3.8, 4) is 0 Å². The van der Waals surface area contributed by atoms with Crippen LogP contribution in [0.15, 0.2) is 17.2 Å². The van der Waals surface area contributed by atoms with E-state index in [0.29, 0.717) is 18.3 Å². The van der Waals surface area contributed by atoms with Gasteiger partial charge in [0.2, 0.25) is 11.8 Å². The Bertz CT molecular complexity index is 306. The molecule has 13 heavy (non-hydrogen) atoms. The number of carbonyl (C=O) groups excluding carboxylic acids is 1. The lowest BCUT2D eigenvalue weighted by molar-refractivity contribution is -0.120. The molecule has 0 fully saturated rings. The van der Waals surface area contributed by atoms with Gasteiger partial charge in [0.1, 0.15) is 0 Å². The van der Waals surface area contributed by atoms with Crippen LogP contribution in [-0.4, -0.2) is 22.6 Å². The molecule has 0 aliphatic heterocycles. The average Bonchev–Trinajstić information content (AvgIpc) is 2.48. The topological polar surface area (TPSA) is 68.0 Å². The van der Waals surface area contributed by atoms with Crippen molar-refractivity contribution in [1.82, 2.24) is 15.5 Å². The molecule has 0 saturated heterocycles. The van der Waals surface area contributed by atoms with Crippen molar-refractivity contribution in [3.05, 3.63) is 24.4 Å². The summed E-state index contributed by atoms with van der Waals surface area (Å²) in [7, 11) is 0. The number of hydrogen-bond donors (Lipinski definition) is 1. The lowest BCUT2D eigenvalue weighted by Crippen LogP contribution is -2.25. The van der Waals surface area contributed by atoms with Crippen LogP contribution in [0.2, 0.25) is 0 Å². The van der Waals surface area contributed by atoms with E-state index >= 15 is 0 Å². The summed E-state index contributed by atoms with van der Waals surface area (Å²) in [5.41, 5.74) is 0. The molecular formula is C8H11N3O2. The van der Waals surface area contributed by atoms with Gasteiger partial charge in [-0.1, -0.05) is 11.2 Å². The van der Waals surface area contributed by atoms with Crippen molar-refractivity contribution in [2.75, 3.05) is 6.54 Å². The number of aromatic nitrogens is 2. The summed E-state index contributed by atoms with van der Waals surface area (Å²) in [4.78, 5) is 15.0. The number of nitrogens with one attached hydrogen (secondary N) is 1. The molecule has 1 rings (SSSR count). The number of nitrogens with zero attached hydrogens (tertiary/aromatic N) is 2. The molecule has 1 heterocycles. The largest absolute Gasteiger partial charge is 0.352 e. The number of carbonyl (C=O) groups is 1. The second kappa shape index (κ2) is 4.39. The van der Waals surface area contributed by atoms with Gasteiger partial charge in [-0.3, -0.25) is 4.79 Å². The summed E-state index contributed by atoms with van der Waals surface area (Å²) in [5.74, 6) is 0.728. The maximum absolute atomic E-state index is 11.1. The van der Waals surface area contributed by atoms with Gasteiger partial charge in [-0.25, -0.2) is 0 Å². The first-order chi connectivity index (χ1) is 6.22. The van der Waals surface area contributed by atoms with Gasteiger partial charge in [0.15, 0.2) is 5.82 Å². The third-order valence-electron chi connectivity index (χ3n) is 1.33. The summed E-state index contributed by atoms with van der Waals surface area (Å²) in [6.45, 7) is 5.61. The Hall–Kier alpha value is -1.65. The highest BCUT2D eigenvalue weighted by Gasteiger charge is 2.07. The molecule has 0 aliphatic rings. The predicted molar refractivity (Wildman–Crippen MR) is 45.9 cm³/mol. The third-order valence-corrected chi connectivity index (χ3v) is 1.33. The van der Waals surface area contributed by atoms with Gasteiger partial charge in [0.25, 0.3) is 0 Å². The second-order valence-electron chi connectivity index (χ2n) is 2.50. The fraction of sp³-hybridized carbons (Fsp3) is 0.375. The van der Waals surface area contributed by atoms with Crippen LogP contribution in [0.1, 0.15) is 11.7 Å². The van der Waals surface area contributed by atoms with Gasteiger partial charge in [-0.05, 0) is 0 Å². The Kier molecular flexibility index (Phi) is 3.19. The van der Waals surface area contributed by atoms with E-state index in [2.05, 4.69) is 22.0 Å². The van der Waals surface area contributed by atoms with Gasteiger partial charge >= 0.3 is 0 Å². The third kappa shape index (κ3) is 3.06. The summed E-state index contributed by atoms with van der Waals surface area (Å²) < 4.78 is 4.71. The zero-order chi connectivity index (χ0) is 9.68. The van der Waals surface area contributed by atoms with Gasteiger partial charge < -0.3 is 9.84 Å². The molecule has 1 aromatic rings. The van der Waals surface area contributed by atoms with E-state index in [4.69, 9.17) is 4.52 Å². The second-order valence-corrected chi connectivity index (χ2v) is 2.50. The van der Waals surface area contributed by atoms with E-state index < -0.39 is 0 Å². The maximum atomic E-state index is 11.1. The van der Waals surface area contributed by atoms with Crippen molar-refractivity contribution in [3.63, 3.8) is 0 Å². The summed E-state index contributed by atoms with van der Waals surface area (Å²) in [6, 6.07) is 0. The molecule has 70 valence electrons. The van der Waals surface area contributed by atoms with Gasteiger partial charge in [-0.15, -0.1) is 6.58 Å². The Morgan fingerprint density at radius 2 is 2.54 bits per heavy atom. The molecular weight excluding hydrogens is 170 g/mol. The van der Waals surface area contributed by atoms with Crippen molar-refractivity contribution in [2.45, 2.75) is 13.3 Å². The van der Waals surface area contributed by atoms with E-state index in [1.54, 1.807) is 13.0 Å². The number of amides is 1. The Morgan fingerprint density at radius 3 is 3.08 bits per heavy atom. The first kappa shape index (κ1) is 9.44. The summed E-state index contributed by atoms with van der Waals surface area (Å²) in [5, 5.41) is 6.20. The number of hydrogen-bond acceptors (Lipinski definition) is 4. The van der Waals surface area contributed by atoms with Crippen molar-refractivity contribution < 1.29 is 9.32 Å². The minimum atomic E-state index is -0.138. The highest BCUT2D eigenvalue weighted by molar-refractivity contribution is 5.77. The lowest BCUT2D eigenvalue weighted by Gasteiger charge is -1.97. The van der Waals surface area contributed by atoms with E-state index in [1.807, 2.05) is 0 Å². The smallest absolute Gasteiger partial charge is 0.228 e. The fourth-order valence-electron chi connectivity index (χ4n) is 0.805. The Balaban J connectivity index is 2.40. The highest BCUT2D eigenvalue weighted by atomic mass is 16.5. The van der Waals surface area contributed by atoms with E-state index in [1.165, 1.54) is 0 Å². The highest BCUT2D eigenvalue weighted by Crippen LogP contribution is 1.95. The molecule has 0 aliphatic carbocycles. The van der Waals surface area contributed by atoms with E-state index in [9.17, 15) is 4.79 Å². The molecule has 0 atom stereocenters. The van der Waals surface area contributed by atoms with Crippen molar-refractivity contribution in [1.29, 1.82) is 0 Å². The molecule has 0 saturated carbocycles. The predicted octanol–water partition coefficient (Wildman–Crippen LogP) is 0.223. The molecule has 0 unspecified atom stereocenters. The molecule has 0 aromatic carbocycles. The first-order valence-corrected chi connectivity index (χ1v) is 3.89. The lowest BCUT2D eigenvalue weighted by atomic mass is 10.4. The zero-order valence-electron chi connectivity index (χ0n) is 7.41. The SMILES string of the molecule is C=CCNC(=O)Cc1noc(C)n1. The van der Waals surface area contributed by atoms with Crippen LogP contribution in [0.25, 0.3) is 0 Å². The fourth-order valence-corrected chi connectivity index (χ4v) is 0.805. The number of aryl methyl sites for hydroxylation is 1. The first-order valence-electron chi connectivity index (χ1n) is 3.89. The van der Waals surface area contributed by atoms with Crippen LogP contribution in [-0.2, 0) is 11.2 Å². The molecule has 0 radical (unpaired) electrons.